The standard InChI is InChI=1S/C30H24O/c31-30-28(20-18-25-12-6-2-7-13-25)22-27(17-16-24-10-4-1-5-11-24)23-29(30)21-19-26-14-8-3-9-15-26/h1-23,31H/b17-16+,20-18+,21-19+. The molecule has 0 atom stereocenters. The lowest BCUT2D eigenvalue weighted by molar-refractivity contribution is 0.473. The van der Waals surface area contributed by atoms with E-state index >= 15 is 0 Å². The lowest BCUT2D eigenvalue weighted by Gasteiger charge is -2.07. The van der Waals surface area contributed by atoms with Crippen LogP contribution in [0.3, 0.4) is 0 Å². The Morgan fingerprint density at radius 3 is 1.10 bits per heavy atom. The van der Waals surface area contributed by atoms with E-state index in [0.717, 1.165) is 33.4 Å². The van der Waals surface area contributed by atoms with Gasteiger partial charge in [0.1, 0.15) is 5.75 Å². The van der Waals surface area contributed by atoms with Crippen molar-refractivity contribution in [3.63, 3.8) is 0 Å². The fourth-order valence-corrected chi connectivity index (χ4v) is 3.31. The summed E-state index contributed by atoms with van der Waals surface area (Å²) in [5, 5.41) is 10.9. The van der Waals surface area contributed by atoms with Gasteiger partial charge in [-0.2, -0.15) is 0 Å². The van der Waals surface area contributed by atoms with E-state index in [-0.39, 0.29) is 5.75 Å². The van der Waals surface area contributed by atoms with Crippen LogP contribution in [0.5, 0.6) is 5.75 Å². The highest BCUT2D eigenvalue weighted by Gasteiger charge is 2.06. The maximum Gasteiger partial charge on any atom is 0.130 e. The molecule has 0 spiro atoms. The van der Waals surface area contributed by atoms with Gasteiger partial charge in [0.15, 0.2) is 0 Å². The molecule has 4 rings (SSSR count). The van der Waals surface area contributed by atoms with Crippen molar-refractivity contribution in [1.82, 2.24) is 0 Å². The molecule has 150 valence electrons. The average molecular weight is 401 g/mol. The van der Waals surface area contributed by atoms with Crippen LogP contribution in [0.15, 0.2) is 103 Å². The summed E-state index contributed by atoms with van der Waals surface area (Å²) in [6.07, 6.45) is 12.1. The highest BCUT2D eigenvalue weighted by molar-refractivity contribution is 5.82. The van der Waals surface area contributed by atoms with Crippen molar-refractivity contribution in [1.29, 1.82) is 0 Å². The SMILES string of the molecule is Oc1c(/C=C/c2ccccc2)cc(/C=C/c2ccccc2)cc1/C=C/c1ccccc1. The summed E-state index contributed by atoms with van der Waals surface area (Å²) in [6.45, 7) is 0. The molecule has 1 heteroatoms. The van der Waals surface area contributed by atoms with Gasteiger partial charge in [-0.05, 0) is 34.4 Å². The second kappa shape index (κ2) is 10.1. The van der Waals surface area contributed by atoms with Crippen molar-refractivity contribution in [2.75, 3.05) is 0 Å². The van der Waals surface area contributed by atoms with E-state index < -0.39 is 0 Å². The fourth-order valence-electron chi connectivity index (χ4n) is 3.31. The normalized spacial score (nSPS) is 11.6. The molecule has 0 fully saturated rings. The first kappa shape index (κ1) is 20.2. The summed E-state index contributed by atoms with van der Waals surface area (Å²) in [5.41, 5.74) is 5.92. The van der Waals surface area contributed by atoms with Gasteiger partial charge < -0.3 is 5.11 Å². The van der Waals surface area contributed by atoms with Gasteiger partial charge in [-0.3, -0.25) is 0 Å². The number of phenolic OH excluding ortho intramolecular Hbond substituents is 1. The number of hydrogen-bond donors (Lipinski definition) is 1. The molecule has 4 aromatic rings. The Labute approximate surface area is 184 Å². The first-order valence-electron chi connectivity index (χ1n) is 10.3. The van der Waals surface area contributed by atoms with Crippen LogP contribution >= 0.6 is 0 Å². The molecule has 0 heterocycles. The van der Waals surface area contributed by atoms with Gasteiger partial charge in [-0.15, -0.1) is 0 Å². The maximum absolute atomic E-state index is 10.9. The number of hydrogen-bond acceptors (Lipinski definition) is 1. The van der Waals surface area contributed by atoms with Gasteiger partial charge >= 0.3 is 0 Å². The van der Waals surface area contributed by atoms with E-state index in [2.05, 4.69) is 24.3 Å². The summed E-state index contributed by atoms with van der Waals surface area (Å²) < 4.78 is 0. The van der Waals surface area contributed by atoms with Gasteiger partial charge in [-0.1, -0.05) is 127 Å². The summed E-state index contributed by atoms with van der Waals surface area (Å²) in [6, 6.07) is 34.4. The zero-order chi connectivity index (χ0) is 21.3. The average Bonchev–Trinajstić information content (AvgIpc) is 2.83. The Morgan fingerprint density at radius 2 is 0.710 bits per heavy atom. The lowest BCUT2D eigenvalue weighted by Crippen LogP contribution is -1.85. The second-order valence-electron chi connectivity index (χ2n) is 7.28. The third kappa shape index (κ3) is 5.71. The quantitative estimate of drug-likeness (QED) is 0.326. The third-order valence-corrected chi connectivity index (χ3v) is 4.97. The predicted molar refractivity (Wildman–Crippen MR) is 134 cm³/mol. The molecule has 0 saturated carbocycles. The molecule has 4 aromatic carbocycles. The van der Waals surface area contributed by atoms with Crippen LogP contribution in [0.2, 0.25) is 0 Å². The Morgan fingerprint density at radius 1 is 0.387 bits per heavy atom. The van der Waals surface area contributed by atoms with Crippen molar-refractivity contribution in [2.45, 2.75) is 0 Å². The van der Waals surface area contributed by atoms with Gasteiger partial charge in [-0.25, -0.2) is 0 Å². The number of aromatic hydroxyl groups is 1. The zero-order valence-electron chi connectivity index (χ0n) is 17.2. The van der Waals surface area contributed by atoms with E-state index in [9.17, 15) is 5.11 Å². The summed E-state index contributed by atoms with van der Waals surface area (Å²) >= 11 is 0. The first-order valence-corrected chi connectivity index (χ1v) is 10.3. The van der Waals surface area contributed by atoms with Crippen LogP contribution in [0.1, 0.15) is 33.4 Å². The molecule has 0 bridgehead atoms. The van der Waals surface area contributed by atoms with E-state index in [1.54, 1.807) is 0 Å². The number of rotatable bonds is 6. The van der Waals surface area contributed by atoms with Crippen molar-refractivity contribution < 1.29 is 5.11 Å². The largest absolute Gasteiger partial charge is 0.507 e. The maximum atomic E-state index is 10.9. The molecule has 0 radical (unpaired) electrons. The highest BCUT2D eigenvalue weighted by atomic mass is 16.3. The van der Waals surface area contributed by atoms with Gasteiger partial charge in [0.2, 0.25) is 0 Å². The Bertz CT molecular complexity index is 1130. The second-order valence-corrected chi connectivity index (χ2v) is 7.28. The molecule has 1 N–H and O–H groups in total. The Balaban J connectivity index is 1.71. The topological polar surface area (TPSA) is 20.2 Å². The fraction of sp³-hybridized carbons (Fsp3) is 0. The van der Waals surface area contributed by atoms with E-state index in [1.165, 1.54) is 0 Å². The third-order valence-electron chi connectivity index (χ3n) is 4.97. The van der Waals surface area contributed by atoms with Crippen LogP contribution in [0.25, 0.3) is 36.5 Å². The summed E-state index contributed by atoms with van der Waals surface area (Å²) in [7, 11) is 0. The van der Waals surface area contributed by atoms with Crippen molar-refractivity contribution in [3.8, 4) is 5.75 Å². The molecule has 1 nitrogen and oxygen atoms in total. The lowest BCUT2D eigenvalue weighted by atomic mass is 10.0. The molecule has 0 aliphatic heterocycles. The number of phenols is 1. The van der Waals surface area contributed by atoms with E-state index in [0.29, 0.717) is 0 Å². The number of benzene rings is 4. The zero-order valence-corrected chi connectivity index (χ0v) is 17.2. The van der Waals surface area contributed by atoms with Crippen LogP contribution < -0.4 is 0 Å². The summed E-state index contributed by atoms with van der Waals surface area (Å²) in [4.78, 5) is 0. The Kier molecular flexibility index (Phi) is 6.57. The van der Waals surface area contributed by atoms with Crippen molar-refractivity contribution in [2.24, 2.45) is 0 Å². The minimum atomic E-state index is 0.274. The first-order chi connectivity index (χ1) is 15.3. The van der Waals surface area contributed by atoms with E-state index in [1.807, 2.05) is 115 Å². The summed E-state index contributed by atoms with van der Waals surface area (Å²) in [5.74, 6) is 0.274. The smallest absolute Gasteiger partial charge is 0.130 e. The van der Waals surface area contributed by atoms with Crippen molar-refractivity contribution in [3.05, 3.63) is 137 Å². The van der Waals surface area contributed by atoms with Gasteiger partial charge in [0.05, 0.1) is 0 Å². The molecular formula is C30H24O. The van der Waals surface area contributed by atoms with Crippen molar-refractivity contribution >= 4 is 36.5 Å². The molecule has 0 aliphatic carbocycles. The van der Waals surface area contributed by atoms with Crippen LogP contribution in [-0.4, -0.2) is 5.11 Å². The molecule has 0 aromatic heterocycles. The Hall–Kier alpha value is -4.10. The van der Waals surface area contributed by atoms with Gasteiger partial charge in [0, 0.05) is 11.1 Å². The molecule has 31 heavy (non-hydrogen) atoms. The monoisotopic (exact) mass is 400 g/mol. The van der Waals surface area contributed by atoms with E-state index in [4.69, 9.17) is 0 Å². The molecule has 0 saturated heterocycles. The molecule has 0 unspecified atom stereocenters. The minimum absolute atomic E-state index is 0.274. The highest BCUT2D eigenvalue weighted by Crippen LogP contribution is 2.29. The van der Waals surface area contributed by atoms with Crippen LogP contribution in [0, 0.1) is 0 Å². The van der Waals surface area contributed by atoms with Crippen LogP contribution in [0.4, 0.5) is 0 Å². The molecule has 0 amide bonds. The van der Waals surface area contributed by atoms with Crippen LogP contribution in [-0.2, 0) is 0 Å². The molecular weight excluding hydrogens is 376 g/mol. The van der Waals surface area contributed by atoms with Gasteiger partial charge in [0.25, 0.3) is 0 Å². The predicted octanol–water partition coefficient (Wildman–Crippen LogP) is 7.90. The minimum Gasteiger partial charge on any atom is -0.507 e. The molecule has 0 aliphatic rings.